The molecule has 0 spiro atoms. The zero-order valence-electron chi connectivity index (χ0n) is 18.6. The molecule has 0 bridgehead atoms. The molecule has 7 heteroatoms. The van der Waals surface area contributed by atoms with Gasteiger partial charge in [-0.3, -0.25) is 4.79 Å². The van der Waals surface area contributed by atoms with Crippen molar-refractivity contribution in [3.05, 3.63) is 41.5 Å². The molecule has 166 valence electrons. The molecule has 0 saturated heterocycles. The number of fused-ring (bicyclic) bond motifs is 1. The van der Waals surface area contributed by atoms with Crippen LogP contribution < -0.4 is 14.2 Å². The van der Waals surface area contributed by atoms with Gasteiger partial charge in [-0.15, -0.1) is 0 Å². The Morgan fingerprint density at radius 3 is 2.39 bits per heavy atom. The summed E-state index contributed by atoms with van der Waals surface area (Å²) in [7, 11) is 3.07. The summed E-state index contributed by atoms with van der Waals surface area (Å²) >= 11 is 0. The first-order chi connectivity index (χ1) is 14.7. The van der Waals surface area contributed by atoms with Crippen molar-refractivity contribution in [2.24, 2.45) is 5.41 Å². The second kappa shape index (κ2) is 9.29. The molecule has 2 aromatic rings. The van der Waals surface area contributed by atoms with E-state index in [2.05, 4.69) is 0 Å². The van der Waals surface area contributed by atoms with E-state index in [1.54, 1.807) is 25.3 Å². The van der Waals surface area contributed by atoms with Crippen molar-refractivity contribution in [1.29, 1.82) is 0 Å². The van der Waals surface area contributed by atoms with E-state index < -0.39 is 0 Å². The second-order valence-electron chi connectivity index (χ2n) is 8.39. The first-order valence-electron chi connectivity index (χ1n) is 10.1. The van der Waals surface area contributed by atoms with Crippen LogP contribution in [-0.4, -0.2) is 39.4 Å². The van der Waals surface area contributed by atoms with Gasteiger partial charge >= 0.3 is 11.9 Å². The van der Waals surface area contributed by atoms with Crippen LogP contribution in [0.25, 0.3) is 11.1 Å². The maximum Gasteiger partial charge on any atom is 0.338 e. The Kier molecular flexibility index (Phi) is 6.73. The quantitative estimate of drug-likeness (QED) is 0.455. The van der Waals surface area contributed by atoms with Crippen LogP contribution in [0.4, 0.5) is 0 Å². The van der Waals surface area contributed by atoms with Gasteiger partial charge in [0.05, 0.1) is 26.2 Å². The zero-order valence-corrected chi connectivity index (χ0v) is 18.6. The van der Waals surface area contributed by atoms with E-state index >= 15 is 0 Å². The molecule has 2 aromatic carbocycles. The third kappa shape index (κ3) is 5.10. The molecule has 7 nitrogen and oxygen atoms in total. The minimum atomic E-state index is -0.342. The maximum absolute atomic E-state index is 12.0. The highest BCUT2D eigenvalue weighted by molar-refractivity contribution is 5.96. The van der Waals surface area contributed by atoms with Crippen molar-refractivity contribution in [3.8, 4) is 28.4 Å². The Bertz CT molecular complexity index is 973. The topological polar surface area (TPSA) is 80.3 Å². The van der Waals surface area contributed by atoms with E-state index in [0.717, 1.165) is 16.7 Å². The van der Waals surface area contributed by atoms with Crippen molar-refractivity contribution >= 4 is 11.9 Å². The van der Waals surface area contributed by atoms with Crippen molar-refractivity contribution in [1.82, 2.24) is 0 Å². The fourth-order valence-electron chi connectivity index (χ4n) is 3.44. The summed E-state index contributed by atoms with van der Waals surface area (Å²) in [6.45, 7) is 6.36. The van der Waals surface area contributed by atoms with Gasteiger partial charge in [0.1, 0.15) is 19.8 Å². The molecule has 31 heavy (non-hydrogen) atoms. The molecule has 0 fully saturated rings. The normalized spacial score (nSPS) is 12.7. The predicted molar refractivity (Wildman–Crippen MR) is 115 cm³/mol. The summed E-state index contributed by atoms with van der Waals surface area (Å²) in [6, 6.07) is 9.07. The van der Waals surface area contributed by atoms with Crippen LogP contribution in [0, 0.1) is 5.41 Å². The van der Waals surface area contributed by atoms with Crippen molar-refractivity contribution in [3.63, 3.8) is 0 Å². The Morgan fingerprint density at radius 1 is 0.968 bits per heavy atom. The van der Waals surface area contributed by atoms with Crippen molar-refractivity contribution in [2.45, 2.75) is 33.8 Å². The summed E-state index contributed by atoms with van der Waals surface area (Å²) in [6.07, 6.45) is 0.324. The zero-order chi connectivity index (χ0) is 22.6. The van der Waals surface area contributed by atoms with Crippen LogP contribution >= 0.6 is 0 Å². The van der Waals surface area contributed by atoms with E-state index in [1.165, 1.54) is 7.11 Å². The third-order valence-corrected chi connectivity index (χ3v) is 4.80. The summed E-state index contributed by atoms with van der Waals surface area (Å²) in [5, 5.41) is 0. The number of benzene rings is 2. The molecule has 0 N–H and O–H groups in total. The smallest absolute Gasteiger partial charge is 0.338 e. The number of methoxy groups -OCH3 is 2. The summed E-state index contributed by atoms with van der Waals surface area (Å²) in [4.78, 5) is 24.0. The minimum absolute atomic E-state index is 0.100. The highest BCUT2D eigenvalue weighted by atomic mass is 16.6. The third-order valence-electron chi connectivity index (χ3n) is 4.80. The SMILES string of the molecule is COc1ccc(-c2cccc3c2COC3=O)c(OCCOC(=O)CC(C)(C)C)c1OC. The molecule has 0 unspecified atom stereocenters. The van der Waals surface area contributed by atoms with Crippen LogP contribution in [0.3, 0.4) is 0 Å². The van der Waals surface area contributed by atoms with E-state index in [-0.39, 0.29) is 37.2 Å². The van der Waals surface area contributed by atoms with E-state index in [9.17, 15) is 9.59 Å². The molecular weight excluding hydrogens is 400 g/mol. The molecule has 1 aliphatic heterocycles. The van der Waals surface area contributed by atoms with Gasteiger partial charge < -0.3 is 23.7 Å². The Morgan fingerprint density at radius 2 is 1.71 bits per heavy atom. The van der Waals surface area contributed by atoms with Crippen LogP contribution in [0.5, 0.6) is 17.2 Å². The molecule has 1 aliphatic rings. The number of cyclic esters (lactones) is 1. The number of carbonyl (C=O) groups excluding carboxylic acids is 2. The highest BCUT2D eigenvalue weighted by Crippen LogP contribution is 2.46. The molecular formula is C24H28O7. The number of ether oxygens (including phenoxy) is 5. The first-order valence-corrected chi connectivity index (χ1v) is 10.1. The van der Waals surface area contributed by atoms with Gasteiger partial charge in [-0.2, -0.15) is 0 Å². The molecule has 0 aliphatic carbocycles. The lowest BCUT2D eigenvalue weighted by Crippen LogP contribution is -2.18. The Hall–Kier alpha value is -3.22. The average molecular weight is 428 g/mol. The average Bonchev–Trinajstić information content (AvgIpc) is 3.10. The standard InChI is InChI=1S/C24H28O7/c1-24(2,3)13-20(25)29-11-12-30-21-16(9-10-19(27-4)22(21)28-5)15-7-6-8-17-18(15)14-31-23(17)26/h6-10H,11-14H2,1-5H3. The molecule has 0 amide bonds. The predicted octanol–water partition coefficient (Wildman–Crippen LogP) is 4.40. The van der Waals surface area contributed by atoms with Gasteiger partial charge in [0.25, 0.3) is 0 Å². The van der Waals surface area contributed by atoms with Gasteiger partial charge in [0, 0.05) is 11.1 Å². The van der Waals surface area contributed by atoms with Gasteiger partial charge in [-0.25, -0.2) is 4.79 Å². The van der Waals surface area contributed by atoms with Crippen LogP contribution in [0.1, 0.15) is 43.1 Å². The molecule has 0 radical (unpaired) electrons. The maximum atomic E-state index is 12.0. The van der Waals surface area contributed by atoms with Gasteiger partial charge in [-0.05, 0) is 29.2 Å². The number of hydrogen-bond donors (Lipinski definition) is 0. The Labute approximate surface area is 182 Å². The minimum Gasteiger partial charge on any atom is -0.493 e. The number of carbonyl (C=O) groups is 2. The lowest BCUT2D eigenvalue weighted by atomic mass is 9.93. The van der Waals surface area contributed by atoms with Gasteiger partial charge in [0.2, 0.25) is 5.75 Å². The first kappa shape index (κ1) is 22.5. The van der Waals surface area contributed by atoms with Crippen molar-refractivity contribution in [2.75, 3.05) is 27.4 Å². The van der Waals surface area contributed by atoms with Crippen molar-refractivity contribution < 1.29 is 33.3 Å². The fraction of sp³-hybridized carbons (Fsp3) is 0.417. The highest BCUT2D eigenvalue weighted by Gasteiger charge is 2.27. The summed E-state index contributed by atoms with van der Waals surface area (Å²) in [5.41, 5.74) is 2.72. The molecule has 0 aromatic heterocycles. The number of hydrogen-bond acceptors (Lipinski definition) is 7. The summed E-state index contributed by atoms with van der Waals surface area (Å²) < 4.78 is 27.5. The van der Waals surface area contributed by atoms with Crippen LogP contribution in [0.15, 0.2) is 30.3 Å². The fourth-order valence-corrected chi connectivity index (χ4v) is 3.44. The molecule has 1 heterocycles. The van der Waals surface area contributed by atoms with E-state index in [1.807, 2.05) is 32.9 Å². The van der Waals surface area contributed by atoms with Crippen LogP contribution in [-0.2, 0) is 20.9 Å². The van der Waals surface area contributed by atoms with E-state index in [4.69, 9.17) is 23.7 Å². The lowest BCUT2D eigenvalue weighted by molar-refractivity contribution is -0.146. The molecule has 3 rings (SSSR count). The largest absolute Gasteiger partial charge is 0.493 e. The van der Waals surface area contributed by atoms with Gasteiger partial charge in [-0.1, -0.05) is 32.9 Å². The monoisotopic (exact) mass is 428 g/mol. The lowest BCUT2D eigenvalue weighted by Gasteiger charge is -2.19. The van der Waals surface area contributed by atoms with Gasteiger partial charge in [0.15, 0.2) is 11.5 Å². The molecule has 0 atom stereocenters. The number of rotatable bonds is 8. The van der Waals surface area contributed by atoms with E-state index in [0.29, 0.717) is 29.2 Å². The van der Waals surface area contributed by atoms with Crippen LogP contribution in [0.2, 0.25) is 0 Å². The second-order valence-corrected chi connectivity index (χ2v) is 8.39. The Balaban J connectivity index is 1.87. The number of esters is 2. The molecule has 0 saturated carbocycles. The summed E-state index contributed by atoms with van der Waals surface area (Å²) in [5.74, 6) is 0.757.